The quantitative estimate of drug-likeness (QED) is 0.359. The molecule has 1 aliphatic rings. The van der Waals surface area contributed by atoms with Gasteiger partial charge in [-0.2, -0.15) is 4.31 Å². The minimum absolute atomic E-state index is 0.0180. The third-order valence-electron chi connectivity index (χ3n) is 6.78. The molecule has 0 bridgehead atoms. The predicted octanol–water partition coefficient (Wildman–Crippen LogP) is 5.12. The Bertz CT molecular complexity index is 1350. The van der Waals surface area contributed by atoms with Crippen molar-refractivity contribution in [2.45, 2.75) is 43.0 Å². The van der Waals surface area contributed by atoms with E-state index in [9.17, 15) is 13.2 Å². The SMILES string of the molecule is COc1ccc(Cl)c2sc(N(CCN(C)C)C(=O)c3ccc(S(=O)(=O)N(C)C4CCCCC4)cc3)nc12. The summed E-state index contributed by atoms with van der Waals surface area (Å²) in [6.07, 6.45) is 5.00. The number of hydrogen-bond donors (Lipinski definition) is 0. The zero-order valence-corrected chi connectivity index (χ0v) is 24.0. The Hall–Kier alpha value is -2.24. The van der Waals surface area contributed by atoms with Crippen LogP contribution in [0.2, 0.25) is 5.02 Å². The Morgan fingerprint density at radius 3 is 2.35 bits per heavy atom. The summed E-state index contributed by atoms with van der Waals surface area (Å²) < 4.78 is 34.1. The molecule has 0 spiro atoms. The summed E-state index contributed by atoms with van der Waals surface area (Å²) in [5.41, 5.74) is 0.986. The molecule has 200 valence electrons. The number of nitrogens with zero attached hydrogens (tertiary/aromatic N) is 4. The Labute approximate surface area is 227 Å². The number of hydrogen-bond acceptors (Lipinski definition) is 7. The van der Waals surface area contributed by atoms with Crippen molar-refractivity contribution in [3.63, 3.8) is 0 Å². The third-order valence-corrected chi connectivity index (χ3v) is 10.2. The molecule has 1 aromatic heterocycles. The van der Waals surface area contributed by atoms with Gasteiger partial charge in [-0.15, -0.1) is 0 Å². The number of carbonyl (C=O) groups excluding carboxylic acids is 1. The van der Waals surface area contributed by atoms with Crippen LogP contribution in [0.4, 0.5) is 5.13 Å². The van der Waals surface area contributed by atoms with E-state index in [2.05, 4.69) is 0 Å². The van der Waals surface area contributed by atoms with E-state index < -0.39 is 10.0 Å². The lowest BCUT2D eigenvalue weighted by atomic mass is 9.96. The van der Waals surface area contributed by atoms with Gasteiger partial charge in [0.05, 0.1) is 21.7 Å². The second-order valence-corrected chi connectivity index (χ2v) is 12.9. The van der Waals surface area contributed by atoms with Crippen LogP contribution in [0, 0.1) is 0 Å². The summed E-state index contributed by atoms with van der Waals surface area (Å²) in [5.74, 6) is 0.319. The smallest absolute Gasteiger partial charge is 0.260 e. The molecule has 0 radical (unpaired) electrons. The molecular formula is C26H33ClN4O4S2. The second kappa shape index (κ2) is 11.7. The van der Waals surface area contributed by atoms with E-state index in [1.165, 1.54) is 27.8 Å². The van der Waals surface area contributed by atoms with E-state index in [1.54, 1.807) is 43.3 Å². The van der Waals surface area contributed by atoms with Crippen LogP contribution in [-0.2, 0) is 10.0 Å². The standard InChI is InChI=1S/C26H33ClN4O4S2/c1-29(2)16-17-31(26-28-23-22(35-4)15-14-21(27)24(23)36-26)25(32)18-10-12-20(13-11-18)37(33,34)30(3)19-8-6-5-7-9-19/h10-15,19H,5-9,16-17H2,1-4H3. The Morgan fingerprint density at radius 2 is 1.73 bits per heavy atom. The van der Waals surface area contributed by atoms with Gasteiger partial charge in [0.15, 0.2) is 5.13 Å². The molecule has 1 amide bonds. The number of amides is 1. The third kappa shape index (κ3) is 5.93. The fourth-order valence-corrected chi connectivity index (χ4v) is 7.23. The zero-order valence-electron chi connectivity index (χ0n) is 21.6. The molecule has 1 saturated carbocycles. The number of rotatable bonds is 9. The lowest BCUT2D eigenvalue weighted by Gasteiger charge is -2.30. The van der Waals surface area contributed by atoms with Crippen LogP contribution in [0.1, 0.15) is 42.5 Å². The molecule has 8 nitrogen and oxygen atoms in total. The average Bonchev–Trinajstić information content (AvgIpc) is 3.35. The van der Waals surface area contributed by atoms with Crippen LogP contribution in [0.25, 0.3) is 10.2 Å². The van der Waals surface area contributed by atoms with Crippen molar-refractivity contribution < 1.29 is 17.9 Å². The minimum atomic E-state index is -3.64. The first-order valence-electron chi connectivity index (χ1n) is 12.3. The van der Waals surface area contributed by atoms with Crippen molar-refractivity contribution in [1.82, 2.24) is 14.2 Å². The molecule has 1 aliphatic carbocycles. The molecule has 2 aromatic carbocycles. The number of sulfonamides is 1. The van der Waals surface area contributed by atoms with Crippen molar-refractivity contribution in [3.05, 3.63) is 47.0 Å². The first-order valence-corrected chi connectivity index (χ1v) is 14.9. The van der Waals surface area contributed by atoms with Gasteiger partial charge in [-0.3, -0.25) is 9.69 Å². The Balaban J connectivity index is 1.63. The zero-order chi connectivity index (χ0) is 26.7. The molecule has 0 unspecified atom stereocenters. The summed E-state index contributed by atoms with van der Waals surface area (Å²) in [4.78, 5) is 22.1. The largest absolute Gasteiger partial charge is 0.494 e. The monoisotopic (exact) mass is 564 g/mol. The first-order chi connectivity index (χ1) is 17.6. The molecule has 0 aliphatic heterocycles. The van der Waals surface area contributed by atoms with Crippen LogP contribution in [-0.4, -0.2) is 75.9 Å². The molecule has 0 atom stereocenters. The van der Waals surface area contributed by atoms with E-state index in [0.717, 1.165) is 36.8 Å². The molecule has 4 rings (SSSR count). The number of anilines is 1. The highest BCUT2D eigenvalue weighted by molar-refractivity contribution is 7.89. The number of ether oxygens (including phenoxy) is 1. The Kier molecular flexibility index (Phi) is 8.75. The van der Waals surface area contributed by atoms with Crippen molar-refractivity contribution >= 4 is 54.2 Å². The van der Waals surface area contributed by atoms with Crippen LogP contribution in [0.5, 0.6) is 5.75 Å². The van der Waals surface area contributed by atoms with Gasteiger partial charge in [-0.1, -0.05) is 42.2 Å². The maximum atomic E-state index is 13.7. The summed E-state index contributed by atoms with van der Waals surface area (Å²) in [7, 11) is 3.45. The highest BCUT2D eigenvalue weighted by Crippen LogP contribution is 2.39. The van der Waals surface area contributed by atoms with Crippen molar-refractivity contribution in [3.8, 4) is 5.75 Å². The molecule has 3 aromatic rings. The summed E-state index contributed by atoms with van der Waals surface area (Å²) in [6, 6.07) is 9.71. The molecule has 1 heterocycles. The predicted molar refractivity (Wildman–Crippen MR) is 150 cm³/mol. The number of fused-ring (bicyclic) bond motifs is 1. The van der Waals surface area contributed by atoms with E-state index in [-0.39, 0.29) is 16.8 Å². The normalized spacial score (nSPS) is 15.0. The van der Waals surface area contributed by atoms with Crippen molar-refractivity contribution in [2.75, 3.05) is 46.2 Å². The lowest BCUT2D eigenvalue weighted by molar-refractivity contribution is 0.0985. The molecule has 0 N–H and O–H groups in total. The maximum absolute atomic E-state index is 13.7. The molecule has 37 heavy (non-hydrogen) atoms. The minimum Gasteiger partial charge on any atom is -0.494 e. The second-order valence-electron chi connectivity index (χ2n) is 9.52. The van der Waals surface area contributed by atoms with Crippen LogP contribution in [0.15, 0.2) is 41.3 Å². The molecular weight excluding hydrogens is 532 g/mol. The number of aromatic nitrogens is 1. The fraction of sp³-hybridized carbons (Fsp3) is 0.462. The lowest BCUT2D eigenvalue weighted by Crippen LogP contribution is -2.38. The van der Waals surface area contributed by atoms with E-state index in [0.29, 0.717) is 40.1 Å². The summed E-state index contributed by atoms with van der Waals surface area (Å²) in [5, 5.41) is 1.04. The number of methoxy groups -OCH3 is 1. The van der Waals surface area contributed by atoms with Crippen molar-refractivity contribution in [2.24, 2.45) is 0 Å². The van der Waals surface area contributed by atoms with E-state index >= 15 is 0 Å². The van der Waals surface area contributed by atoms with Crippen LogP contribution in [0.3, 0.4) is 0 Å². The highest BCUT2D eigenvalue weighted by atomic mass is 35.5. The van der Waals surface area contributed by atoms with Crippen LogP contribution < -0.4 is 9.64 Å². The first kappa shape index (κ1) is 27.8. The van der Waals surface area contributed by atoms with Crippen LogP contribution >= 0.6 is 22.9 Å². The van der Waals surface area contributed by atoms with Gasteiger partial charge in [0, 0.05) is 31.7 Å². The topological polar surface area (TPSA) is 83.0 Å². The van der Waals surface area contributed by atoms with E-state index in [4.69, 9.17) is 21.3 Å². The highest BCUT2D eigenvalue weighted by Gasteiger charge is 2.30. The van der Waals surface area contributed by atoms with E-state index in [1.807, 2.05) is 19.0 Å². The summed E-state index contributed by atoms with van der Waals surface area (Å²) >= 11 is 7.74. The number of halogens is 1. The fourth-order valence-electron chi connectivity index (χ4n) is 4.54. The number of carbonyl (C=O) groups is 1. The van der Waals surface area contributed by atoms with Gasteiger partial charge >= 0.3 is 0 Å². The number of likely N-dealkylation sites (N-methyl/N-ethyl adjacent to an activating group) is 1. The number of benzene rings is 2. The maximum Gasteiger partial charge on any atom is 0.260 e. The summed E-state index contributed by atoms with van der Waals surface area (Å²) in [6.45, 7) is 1.02. The van der Waals surface area contributed by atoms with Gasteiger partial charge in [-0.05, 0) is 63.3 Å². The Morgan fingerprint density at radius 1 is 1.05 bits per heavy atom. The average molecular weight is 565 g/mol. The molecule has 0 saturated heterocycles. The van der Waals surface area contributed by atoms with Gasteiger partial charge in [0.1, 0.15) is 11.3 Å². The van der Waals surface area contributed by atoms with Gasteiger partial charge < -0.3 is 9.64 Å². The van der Waals surface area contributed by atoms with Gasteiger partial charge in [0.2, 0.25) is 10.0 Å². The molecule has 1 fully saturated rings. The number of thiazole rings is 1. The van der Waals surface area contributed by atoms with Gasteiger partial charge in [0.25, 0.3) is 5.91 Å². The molecule has 11 heteroatoms. The van der Waals surface area contributed by atoms with Gasteiger partial charge in [-0.25, -0.2) is 13.4 Å². The van der Waals surface area contributed by atoms with Crippen molar-refractivity contribution in [1.29, 1.82) is 0 Å².